The van der Waals surface area contributed by atoms with Crippen LogP contribution in [-0.2, 0) is 4.79 Å². The van der Waals surface area contributed by atoms with Crippen LogP contribution in [0.4, 0.5) is 0 Å². The summed E-state index contributed by atoms with van der Waals surface area (Å²) in [5.74, 6) is 0.0719. The van der Waals surface area contributed by atoms with Crippen LogP contribution < -0.4 is 0 Å². The van der Waals surface area contributed by atoms with Crippen molar-refractivity contribution in [3.05, 3.63) is 0 Å². The van der Waals surface area contributed by atoms with Gasteiger partial charge in [0, 0.05) is 5.41 Å². The van der Waals surface area contributed by atoms with Gasteiger partial charge in [-0.25, -0.2) is 0 Å². The van der Waals surface area contributed by atoms with Crippen LogP contribution in [-0.4, -0.2) is 17.9 Å². The maximum atomic E-state index is 12.9. The molecule has 1 unspecified atom stereocenters. The molecule has 1 atom stereocenters. The summed E-state index contributed by atoms with van der Waals surface area (Å²) >= 11 is 0. The molecule has 0 aromatic carbocycles. The van der Waals surface area contributed by atoms with E-state index in [-0.39, 0.29) is 5.78 Å². The van der Waals surface area contributed by atoms with Crippen molar-refractivity contribution in [2.75, 3.05) is 6.54 Å². The van der Waals surface area contributed by atoms with Gasteiger partial charge in [-0.1, -0.05) is 27.7 Å². The van der Waals surface area contributed by atoms with Gasteiger partial charge in [-0.3, -0.25) is 4.79 Å². The third-order valence-corrected chi connectivity index (χ3v) is 4.99. The van der Waals surface area contributed by atoms with Crippen molar-refractivity contribution in [3.63, 3.8) is 0 Å². The van der Waals surface area contributed by atoms with Crippen LogP contribution in [0.25, 0.3) is 0 Å². The molecule has 0 N–H and O–H groups in total. The first-order chi connectivity index (χ1) is 7.92. The highest BCUT2D eigenvalue weighted by molar-refractivity contribution is 5.91. The Labute approximate surface area is 109 Å². The van der Waals surface area contributed by atoms with E-state index in [1.54, 1.807) is 0 Å². The second-order valence-corrected chi connectivity index (χ2v) is 6.99. The van der Waals surface area contributed by atoms with Gasteiger partial charge in [0.15, 0.2) is 0 Å². The molecule has 0 aliphatic carbocycles. The zero-order chi connectivity index (χ0) is 14.4. The highest BCUT2D eigenvalue weighted by Gasteiger charge is 2.57. The maximum Gasteiger partial charge on any atom is 0.148 e. The van der Waals surface area contributed by atoms with E-state index in [0.717, 1.165) is 0 Å². The lowest BCUT2D eigenvalue weighted by Crippen LogP contribution is -2.57. The lowest BCUT2D eigenvalue weighted by atomic mass is 9.56. The average molecular weight is 249 g/mol. The van der Waals surface area contributed by atoms with Gasteiger partial charge in [0.05, 0.1) is 23.4 Å². The molecule has 0 aromatic heterocycles. The molecule has 1 heterocycles. The first-order valence-electron chi connectivity index (χ1n) is 6.27. The largest absolute Gasteiger partial charge is 0.298 e. The Bertz CT molecular complexity index is 440. The van der Waals surface area contributed by atoms with Gasteiger partial charge in [0.25, 0.3) is 0 Å². The smallest absolute Gasteiger partial charge is 0.148 e. The van der Waals surface area contributed by atoms with Crippen molar-refractivity contribution in [2.45, 2.75) is 54.0 Å². The van der Waals surface area contributed by atoms with Gasteiger partial charge in [0.2, 0.25) is 0 Å². The number of Topliss-reactive ketones (excluding diaryl/α,β-unsaturated/α-hetero) is 1. The Morgan fingerprint density at radius 1 is 1.22 bits per heavy atom. The second kappa shape index (κ2) is 3.88. The summed E-state index contributed by atoms with van der Waals surface area (Å²) in [5, 5.41) is 17.3. The minimum absolute atomic E-state index is 0.0719. The number of carbonyl (C=O) groups excluding carboxylic acids is 1. The summed E-state index contributed by atoms with van der Waals surface area (Å²) in [5.41, 5.74) is -2.49. The van der Waals surface area contributed by atoms with Crippen LogP contribution in [0.15, 0.2) is 10.2 Å². The van der Waals surface area contributed by atoms with Crippen molar-refractivity contribution in [2.24, 2.45) is 26.5 Å². The minimum Gasteiger partial charge on any atom is -0.298 e. The van der Waals surface area contributed by atoms with Gasteiger partial charge in [-0.15, -0.1) is 0 Å². The molecule has 0 saturated heterocycles. The molecule has 0 bridgehead atoms. The fourth-order valence-electron chi connectivity index (χ4n) is 2.05. The number of hydrogen-bond donors (Lipinski definition) is 0. The van der Waals surface area contributed by atoms with E-state index in [1.807, 2.05) is 48.5 Å². The zero-order valence-electron chi connectivity index (χ0n) is 12.5. The summed E-state index contributed by atoms with van der Waals surface area (Å²) in [6.45, 7) is 13.7. The lowest BCUT2D eigenvalue weighted by Gasteiger charge is -2.47. The van der Waals surface area contributed by atoms with E-state index in [1.165, 1.54) is 0 Å². The van der Waals surface area contributed by atoms with Crippen molar-refractivity contribution in [1.29, 1.82) is 5.26 Å². The molecular weight excluding hydrogens is 226 g/mol. The predicted molar refractivity (Wildman–Crippen MR) is 70.1 cm³/mol. The third kappa shape index (κ3) is 1.77. The molecular formula is C14H23N3O. The Morgan fingerprint density at radius 3 is 1.94 bits per heavy atom. The Morgan fingerprint density at radius 2 is 1.67 bits per heavy atom. The first kappa shape index (κ1) is 14.8. The normalized spacial score (nSPS) is 24.3. The molecule has 1 aliphatic rings. The summed E-state index contributed by atoms with van der Waals surface area (Å²) in [4.78, 5) is 12.9. The molecule has 100 valence electrons. The van der Waals surface area contributed by atoms with Gasteiger partial charge in [0.1, 0.15) is 11.3 Å². The zero-order valence-corrected chi connectivity index (χ0v) is 12.5. The number of rotatable bonds is 4. The summed E-state index contributed by atoms with van der Waals surface area (Å²) in [6.07, 6.45) is 0. The monoisotopic (exact) mass is 249 g/mol. The molecule has 18 heavy (non-hydrogen) atoms. The SMILES string of the molecule is CC(C)(C#N)C(C)(C)C(=O)C(C)(C)C1(C)CN=N1. The highest BCUT2D eigenvalue weighted by atomic mass is 16.1. The van der Waals surface area contributed by atoms with Gasteiger partial charge in [-0.2, -0.15) is 15.5 Å². The molecule has 0 aromatic rings. The van der Waals surface area contributed by atoms with Crippen LogP contribution in [0, 0.1) is 27.6 Å². The van der Waals surface area contributed by atoms with Crippen molar-refractivity contribution in [3.8, 4) is 6.07 Å². The molecule has 0 radical (unpaired) electrons. The summed E-state index contributed by atoms with van der Waals surface area (Å²) < 4.78 is 0. The molecule has 0 spiro atoms. The van der Waals surface area contributed by atoms with Crippen LogP contribution in [0.2, 0.25) is 0 Å². The summed E-state index contributed by atoms with van der Waals surface area (Å²) in [6, 6.07) is 2.25. The molecule has 0 saturated carbocycles. The fourth-order valence-corrected chi connectivity index (χ4v) is 2.05. The number of nitriles is 1. The molecule has 4 heteroatoms. The van der Waals surface area contributed by atoms with Crippen molar-refractivity contribution >= 4 is 5.78 Å². The number of hydrogen-bond acceptors (Lipinski definition) is 4. The quantitative estimate of drug-likeness (QED) is 0.766. The number of ketones is 1. The van der Waals surface area contributed by atoms with Crippen molar-refractivity contribution in [1.82, 2.24) is 0 Å². The van der Waals surface area contributed by atoms with Gasteiger partial charge >= 0.3 is 0 Å². The van der Waals surface area contributed by atoms with Gasteiger partial charge < -0.3 is 0 Å². The van der Waals surface area contributed by atoms with Crippen LogP contribution >= 0.6 is 0 Å². The topological polar surface area (TPSA) is 65.6 Å². The maximum absolute atomic E-state index is 12.9. The predicted octanol–water partition coefficient (Wildman–Crippen LogP) is 3.38. The van der Waals surface area contributed by atoms with E-state index in [9.17, 15) is 10.1 Å². The Balaban J connectivity index is 3.16. The Kier molecular flexibility index (Phi) is 3.19. The van der Waals surface area contributed by atoms with Gasteiger partial charge in [-0.05, 0) is 20.8 Å². The molecule has 4 nitrogen and oxygen atoms in total. The number of nitrogens with zero attached hydrogens (tertiary/aromatic N) is 3. The molecule has 0 fully saturated rings. The molecule has 0 amide bonds. The fraction of sp³-hybridized carbons (Fsp3) is 0.857. The van der Waals surface area contributed by atoms with Crippen LogP contribution in [0.1, 0.15) is 48.5 Å². The van der Waals surface area contributed by atoms with E-state index in [4.69, 9.17) is 0 Å². The number of azo groups is 1. The highest BCUT2D eigenvalue weighted by Crippen LogP contribution is 2.49. The number of carbonyl (C=O) groups is 1. The first-order valence-corrected chi connectivity index (χ1v) is 6.27. The molecule has 1 aliphatic heterocycles. The van der Waals surface area contributed by atoms with Crippen molar-refractivity contribution < 1.29 is 4.79 Å². The van der Waals surface area contributed by atoms with E-state index >= 15 is 0 Å². The standard InChI is InChI=1S/C14H23N3O/c1-11(2,8-15)12(3,4)10(18)13(5,6)14(7)9-16-17-14/h9H2,1-7H3. The minimum atomic E-state index is -0.723. The third-order valence-electron chi connectivity index (χ3n) is 4.99. The average Bonchev–Trinajstić information content (AvgIpc) is 2.23. The van der Waals surface area contributed by atoms with Crippen LogP contribution in [0.3, 0.4) is 0 Å². The van der Waals surface area contributed by atoms with E-state index in [0.29, 0.717) is 6.54 Å². The van der Waals surface area contributed by atoms with E-state index in [2.05, 4.69) is 16.3 Å². The van der Waals surface area contributed by atoms with Crippen LogP contribution in [0.5, 0.6) is 0 Å². The molecule has 1 rings (SSSR count). The second-order valence-electron chi connectivity index (χ2n) is 6.99. The Hall–Kier alpha value is -1.24. The lowest BCUT2D eigenvalue weighted by molar-refractivity contribution is -0.144. The van der Waals surface area contributed by atoms with E-state index < -0.39 is 21.8 Å². The summed E-state index contributed by atoms with van der Waals surface area (Å²) in [7, 11) is 0.